The van der Waals surface area contributed by atoms with Gasteiger partial charge >= 0.3 is 0 Å². The predicted molar refractivity (Wildman–Crippen MR) is 204 cm³/mol. The van der Waals surface area contributed by atoms with E-state index in [-0.39, 0.29) is 47.1 Å². The largest absolute Gasteiger partial charge is 0.355 e. The molecule has 0 fully saturated rings. The highest BCUT2D eigenvalue weighted by molar-refractivity contribution is 9.10. The Kier molecular flexibility index (Phi) is 15.2. The van der Waals surface area contributed by atoms with E-state index in [1.807, 2.05) is 82.3 Å². The minimum Gasteiger partial charge on any atom is -0.355 e. The highest BCUT2D eigenvalue weighted by Gasteiger charge is 2.27. The van der Waals surface area contributed by atoms with Crippen molar-refractivity contribution >= 4 is 55.3 Å². The molecule has 51 heavy (non-hydrogen) atoms. The second-order valence-corrected chi connectivity index (χ2v) is 15.8. The molecule has 12 nitrogen and oxygen atoms in total. The van der Waals surface area contributed by atoms with Crippen molar-refractivity contribution in [3.8, 4) is 0 Å². The Morgan fingerprint density at radius 1 is 0.804 bits per heavy atom. The minimum atomic E-state index is -3.73. The van der Waals surface area contributed by atoms with Crippen LogP contribution in [-0.4, -0.2) is 76.6 Å². The smallest absolute Gasteiger partial charge is 0.251 e. The molecule has 4 amide bonds. The number of benzene rings is 3. The van der Waals surface area contributed by atoms with Gasteiger partial charge in [-0.1, -0.05) is 72.2 Å². The number of carbonyl (C=O) groups is 4. The number of rotatable bonds is 17. The van der Waals surface area contributed by atoms with Crippen LogP contribution in [0.2, 0.25) is 0 Å². The molecule has 0 aliphatic rings. The van der Waals surface area contributed by atoms with Crippen molar-refractivity contribution in [2.75, 3.05) is 30.7 Å². The van der Waals surface area contributed by atoms with Crippen LogP contribution in [0.5, 0.6) is 0 Å². The Hall–Kier alpha value is -4.27. The van der Waals surface area contributed by atoms with Crippen molar-refractivity contribution in [3.05, 3.63) is 99.5 Å². The van der Waals surface area contributed by atoms with Crippen LogP contribution in [0.1, 0.15) is 72.5 Å². The minimum absolute atomic E-state index is 0.0776. The second-order valence-electron chi connectivity index (χ2n) is 12.9. The molecule has 0 unspecified atom stereocenters. The summed E-state index contributed by atoms with van der Waals surface area (Å²) in [5.74, 6) is -1.79. The maximum Gasteiger partial charge on any atom is 0.251 e. The van der Waals surface area contributed by atoms with E-state index in [1.54, 1.807) is 6.92 Å². The summed E-state index contributed by atoms with van der Waals surface area (Å²) in [6, 6.07) is 18.9. The molecule has 0 aromatic heterocycles. The molecule has 276 valence electrons. The van der Waals surface area contributed by atoms with E-state index < -0.39 is 40.0 Å². The first-order valence-electron chi connectivity index (χ1n) is 16.8. The molecule has 0 radical (unpaired) electrons. The normalized spacial score (nSPS) is 13.7. The van der Waals surface area contributed by atoms with Gasteiger partial charge in [0.15, 0.2) is 0 Å². The maximum absolute atomic E-state index is 13.9. The van der Waals surface area contributed by atoms with Gasteiger partial charge < -0.3 is 26.6 Å². The fourth-order valence-electron chi connectivity index (χ4n) is 5.21. The highest BCUT2D eigenvalue weighted by Crippen LogP contribution is 2.22. The molecule has 0 aliphatic carbocycles. The van der Waals surface area contributed by atoms with E-state index in [4.69, 9.17) is 0 Å². The SMILES string of the molecule is CCNC(=O)[C@@H](NC(=O)[C@H](C)NC[C@H](Cc1ccc(Br)cc1)NC(=O)c1cc(C(=O)N[C@H](C)c2ccccc2)cc(N(C)S(C)(=O)=O)c1)C(C)C. The lowest BCUT2D eigenvalue weighted by molar-refractivity contribution is -0.130. The summed E-state index contributed by atoms with van der Waals surface area (Å²) in [6.45, 7) is 9.63. The molecule has 4 atom stereocenters. The van der Waals surface area contributed by atoms with E-state index in [0.717, 1.165) is 26.2 Å². The predicted octanol–water partition coefficient (Wildman–Crippen LogP) is 3.93. The van der Waals surface area contributed by atoms with E-state index >= 15 is 0 Å². The standard InChI is InChI=1S/C37H49BrN6O6S/c1-8-39-37(48)33(23(2)3)43-34(45)25(5)40-22-31(18-26-14-16-30(38)17-15-26)42-36(47)29-19-28(20-32(21-29)44(6)51(7,49)50)35(46)41-24(4)27-12-10-9-11-13-27/h9-17,19-21,23-25,31,33,40H,8,18,22H2,1-7H3,(H,39,48)(H,41,46)(H,42,47)(H,43,45)/t24-,25+,31+,33+/m1/s1. The lowest BCUT2D eigenvalue weighted by atomic mass is 10.0. The number of anilines is 1. The number of hydrogen-bond donors (Lipinski definition) is 5. The third-order valence-electron chi connectivity index (χ3n) is 8.34. The number of amides is 4. The van der Waals surface area contributed by atoms with Crippen LogP contribution in [-0.2, 0) is 26.0 Å². The number of halogens is 1. The van der Waals surface area contributed by atoms with Gasteiger partial charge in [-0.25, -0.2) is 8.42 Å². The highest BCUT2D eigenvalue weighted by atomic mass is 79.9. The molecular formula is C37H49BrN6O6S. The molecular weight excluding hydrogens is 736 g/mol. The molecule has 3 aromatic carbocycles. The van der Waals surface area contributed by atoms with E-state index in [1.165, 1.54) is 25.2 Å². The van der Waals surface area contributed by atoms with Crippen LogP contribution in [0.3, 0.4) is 0 Å². The molecule has 0 heterocycles. The zero-order chi connectivity index (χ0) is 37.9. The Labute approximate surface area is 309 Å². The number of nitrogens with one attached hydrogen (secondary N) is 5. The molecule has 0 aliphatic heterocycles. The summed E-state index contributed by atoms with van der Waals surface area (Å²) < 4.78 is 26.9. The summed E-state index contributed by atoms with van der Waals surface area (Å²) >= 11 is 3.44. The molecule has 0 saturated heterocycles. The molecule has 3 aromatic rings. The lowest BCUT2D eigenvalue weighted by Gasteiger charge is -2.25. The zero-order valence-corrected chi connectivity index (χ0v) is 32.5. The van der Waals surface area contributed by atoms with Crippen LogP contribution in [0.25, 0.3) is 0 Å². The maximum atomic E-state index is 13.9. The van der Waals surface area contributed by atoms with Gasteiger partial charge in [-0.2, -0.15) is 0 Å². The van der Waals surface area contributed by atoms with Crippen LogP contribution in [0.15, 0.2) is 77.3 Å². The molecule has 5 N–H and O–H groups in total. The first kappa shape index (κ1) is 41.2. The van der Waals surface area contributed by atoms with Gasteiger partial charge in [0.05, 0.1) is 24.0 Å². The van der Waals surface area contributed by atoms with Crippen LogP contribution in [0.4, 0.5) is 5.69 Å². The average Bonchev–Trinajstić information content (AvgIpc) is 3.09. The van der Waals surface area contributed by atoms with Crippen LogP contribution in [0, 0.1) is 5.92 Å². The van der Waals surface area contributed by atoms with Gasteiger partial charge in [-0.05, 0) is 74.6 Å². The number of carbonyl (C=O) groups excluding carboxylic acids is 4. The topological polar surface area (TPSA) is 166 Å². The summed E-state index contributed by atoms with van der Waals surface area (Å²) in [6.07, 6.45) is 1.42. The second kappa shape index (κ2) is 18.8. The van der Waals surface area contributed by atoms with Gasteiger partial charge in [-0.15, -0.1) is 0 Å². The summed E-state index contributed by atoms with van der Waals surface area (Å²) in [7, 11) is -2.38. The summed E-state index contributed by atoms with van der Waals surface area (Å²) in [4.78, 5) is 53.0. The van der Waals surface area contributed by atoms with Crippen molar-refractivity contribution in [1.82, 2.24) is 26.6 Å². The number of nitrogens with zero attached hydrogens (tertiary/aromatic N) is 1. The monoisotopic (exact) mass is 784 g/mol. The van der Waals surface area contributed by atoms with Gasteiger partial charge in [0.25, 0.3) is 11.8 Å². The van der Waals surface area contributed by atoms with Crippen molar-refractivity contribution in [2.45, 2.75) is 65.2 Å². The first-order valence-corrected chi connectivity index (χ1v) is 19.5. The van der Waals surface area contributed by atoms with Gasteiger partial charge in [0.1, 0.15) is 6.04 Å². The van der Waals surface area contributed by atoms with Crippen molar-refractivity contribution < 1.29 is 27.6 Å². The third-order valence-corrected chi connectivity index (χ3v) is 10.1. The molecule has 0 bridgehead atoms. The quantitative estimate of drug-likeness (QED) is 0.138. The van der Waals surface area contributed by atoms with Gasteiger partial charge in [0.2, 0.25) is 21.8 Å². The Morgan fingerprint density at radius 3 is 1.94 bits per heavy atom. The Balaban J connectivity index is 1.88. The van der Waals surface area contributed by atoms with Crippen LogP contribution >= 0.6 is 15.9 Å². The van der Waals surface area contributed by atoms with E-state index in [9.17, 15) is 27.6 Å². The van der Waals surface area contributed by atoms with Crippen molar-refractivity contribution in [3.63, 3.8) is 0 Å². The van der Waals surface area contributed by atoms with Gasteiger partial charge in [0, 0.05) is 41.8 Å². The first-order chi connectivity index (χ1) is 24.0. The molecule has 14 heteroatoms. The lowest BCUT2D eigenvalue weighted by Crippen LogP contribution is -2.55. The summed E-state index contributed by atoms with van der Waals surface area (Å²) in [5, 5.41) is 14.7. The zero-order valence-electron chi connectivity index (χ0n) is 30.1. The number of likely N-dealkylation sites (N-methyl/N-ethyl adjacent to an activating group) is 1. The fourth-order valence-corrected chi connectivity index (χ4v) is 5.96. The fraction of sp³-hybridized carbons (Fsp3) is 0.405. The number of sulfonamides is 1. The molecule has 3 rings (SSSR count). The van der Waals surface area contributed by atoms with Crippen LogP contribution < -0.4 is 30.9 Å². The molecule has 0 saturated carbocycles. The van der Waals surface area contributed by atoms with E-state index in [2.05, 4.69) is 42.5 Å². The Bertz CT molecular complexity index is 1770. The molecule has 0 spiro atoms. The van der Waals surface area contributed by atoms with Gasteiger partial charge in [-0.3, -0.25) is 23.5 Å². The summed E-state index contributed by atoms with van der Waals surface area (Å²) in [5.41, 5.74) is 2.12. The average molecular weight is 786 g/mol. The number of hydrogen-bond acceptors (Lipinski definition) is 7. The van der Waals surface area contributed by atoms with Crippen molar-refractivity contribution in [2.24, 2.45) is 5.92 Å². The third kappa shape index (κ3) is 12.5. The Morgan fingerprint density at radius 2 is 1.39 bits per heavy atom. The van der Waals surface area contributed by atoms with E-state index in [0.29, 0.717) is 13.0 Å². The van der Waals surface area contributed by atoms with Crippen molar-refractivity contribution in [1.29, 1.82) is 0 Å².